The van der Waals surface area contributed by atoms with Crippen molar-refractivity contribution in [3.05, 3.63) is 82.5 Å². The molecule has 1 aromatic heterocycles. The lowest BCUT2D eigenvalue weighted by Crippen LogP contribution is -2.45. The van der Waals surface area contributed by atoms with E-state index in [9.17, 15) is 9.59 Å². The molecule has 0 spiro atoms. The average Bonchev–Trinajstić information content (AvgIpc) is 3.37. The maximum absolute atomic E-state index is 12.9. The Morgan fingerprint density at radius 3 is 2.42 bits per heavy atom. The van der Waals surface area contributed by atoms with Gasteiger partial charge in [-0.2, -0.15) is 5.10 Å². The minimum Gasteiger partial charge on any atom is -0.455 e. The molecule has 2 N–H and O–H groups in total. The molecule has 0 saturated carbocycles. The number of unbranched alkanes of at least 4 members (excludes halogenated alkanes) is 1. The van der Waals surface area contributed by atoms with Crippen molar-refractivity contribution in [3.8, 4) is 11.3 Å². The molecule has 0 aliphatic carbocycles. The molecule has 7 nitrogen and oxygen atoms in total. The van der Waals surface area contributed by atoms with E-state index in [4.69, 9.17) is 4.42 Å². The summed E-state index contributed by atoms with van der Waals surface area (Å²) in [4.78, 5) is 27.2. The standard InChI is InChI=1S/C28H33BrN4O3/c1-3-33(4-2)25(12-8-9-19-30-27(34)22-10-6-5-7-11-22)28(35)32-31-20-24-17-18-26(36-24)21-13-15-23(29)16-14-21/h5-7,10-11,13-18,20,25H,3-4,8-9,12,19H2,1-2H3,(H,30,34)(H,32,35)/b31-20+/t25-/m1/s1. The second-order valence-electron chi connectivity index (χ2n) is 8.30. The van der Waals surface area contributed by atoms with Gasteiger partial charge in [0.15, 0.2) is 0 Å². The van der Waals surface area contributed by atoms with Crippen LogP contribution in [0.1, 0.15) is 49.2 Å². The molecule has 0 radical (unpaired) electrons. The smallest absolute Gasteiger partial charge is 0.257 e. The highest BCUT2D eigenvalue weighted by molar-refractivity contribution is 9.10. The van der Waals surface area contributed by atoms with Crippen LogP contribution in [0.15, 0.2) is 80.7 Å². The van der Waals surface area contributed by atoms with Gasteiger partial charge in [0.05, 0.1) is 12.3 Å². The Kier molecular flexibility index (Phi) is 10.9. The van der Waals surface area contributed by atoms with Gasteiger partial charge in [-0.1, -0.05) is 60.1 Å². The minimum atomic E-state index is -0.295. The monoisotopic (exact) mass is 552 g/mol. The first-order chi connectivity index (χ1) is 17.5. The first-order valence-corrected chi connectivity index (χ1v) is 13.1. The molecule has 3 rings (SSSR count). The summed E-state index contributed by atoms with van der Waals surface area (Å²) in [6, 6.07) is 20.4. The zero-order valence-corrected chi connectivity index (χ0v) is 22.3. The lowest BCUT2D eigenvalue weighted by molar-refractivity contribution is -0.126. The van der Waals surface area contributed by atoms with Gasteiger partial charge in [0, 0.05) is 22.1 Å². The molecular weight excluding hydrogens is 520 g/mol. The van der Waals surface area contributed by atoms with Crippen LogP contribution in [-0.4, -0.2) is 48.6 Å². The molecule has 0 bridgehead atoms. The van der Waals surface area contributed by atoms with Gasteiger partial charge in [0.2, 0.25) is 0 Å². The van der Waals surface area contributed by atoms with Gasteiger partial charge in [0.25, 0.3) is 11.8 Å². The van der Waals surface area contributed by atoms with E-state index in [-0.39, 0.29) is 17.9 Å². The van der Waals surface area contributed by atoms with Gasteiger partial charge in [-0.05, 0) is 68.8 Å². The van der Waals surface area contributed by atoms with Crippen molar-refractivity contribution < 1.29 is 14.0 Å². The van der Waals surface area contributed by atoms with E-state index in [2.05, 4.69) is 36.7 Å². The second-order valence-corrected chi connectivity index (χ2v) is 9.21. The molecule has 8 heteroatoms. The summed E-state index contributed by atoms with van der Waals surface area (Å²) in [5.74, 6) is 1.06. The van der Waals surface area contributed by atoms with Crippen LogP contribution in [0.25, 0.3) is 11.3 Å². The number of hydrazone groups is 1. The molecular formula is C28H33BrN4O3. The maximum Gasteiger partial charge on any atom is 0.257 e. The predicted molar refractivity (Wildman–Crippen MR) is 147 cm³/mol. The summed E-state index contributed by atoms with van der Waals surface area (Å²) < 4.78 is 6.83. The summed E-state index contributed by atoms with van der Waals surface area (Å²) in [5.41, 5.74) is 4.28. The van der Waals surface area contributed by atoms with Gasteiger partial charge >= 0.3 is 0 Å². The molecule has 190 valence electrons. The highest BCUT2D eigenvalue weighted by Gasteiger charge is 2.23. The third-order valence-corrected chi connectivity index (χ3v) is 6.43. The van der Waals surface area contributed by atoms with E-state index < -0.39 is 0 Å². The SMILES string of the molecule is CCN(CC)[C@H](CCCCNC(=O)c1ccccc1)C(=O)N/N=C/c1ccc(-c2ccc(Br)cc2)o1. The third-order valence-electron chi connectivity index (χ3n) is 5.90. The molecule has 0 aliphatic heterocycles. The zero-order chi connectivity index (χ0) is 25.8. The van der Waals surface area contributed by atoms with Crippen LogP contribution in [0.2, 0.25) is 0 Å². The largest absolute Gasteiger partial charge is 0.455 e. The normalized spacial score (nSPS) is 12.1. The van der Waals surface area contributed by atoms with Gasteiger partial charge < -0.3 is 9.73 Å². The maximum atomic E-state index is 12.9. The Morgan fingerprint density at radius 1 is 1.00 bits per heavy atom. The number of amides is 2. The lowest BCUT2D eigenvalue weighted by atomic mass is 10.1. The highest BCUT2D eigenvalue weighted by atomic mass is 79.9. The Bertz CT molecular complexity index is 1130. The number of halogens is 1. The van der Waals surface area contributed by atoms with Gasteiger partial charge in [-0.3, -0.25) is 14.5 Å². The van der Waals surface area contributed by atoms with Crippen molar-refractivity contribution >= 4 is 34.0 Å². The van der Waals surface area contributed by atoms with Crippen LogP contribution in [-0.2, 0) is 4.79 Å². The van der Waals surface area contributed by atoms with Crippen molar-refractivity contribution in [2.45, 2.75) is 39.2 Å². The molecule has 3 aromatic rings. The number of hydrogen-bond donors (Lipinski definition) is 2. The van der Waals surface area contributed by atoms with Gasteiger partial charge in [-0.25, -0.2) is 5.43 Å². The van der Waals surface area contributed by atoms with E-state index in [0.717, 1.165) is 41.7 Å². The molecule has 2 amide bonds. The fourth-order valence-corrected chi connectivity index (χ4v) is 4.19. The van der Waals surface area contributed by atoms with E-state index in [1.807, 2.05) is 68.4 Å². The molecule has 0 aliphatic rings. The first-order valence-electron chi connectivity index (χ1n) is 12.3. The average molecular weight is 554 g/mol. The fourth-order valence-electron chi connectivity index (χ4n) is 3.93. The summed E-state index contributed by atoms with van der Waals surface area (Å²) >= 11 is 3.43. The summed E-state index contributed by atoms with van der Waals surface area (Å²) in [7, 11) is 0. The van der Waals surface area contributed by atoms with E-state index in [0.29, 0.717) is 24.3 Å². The minimum absolute atomic E-state index is 0.0795. The highest BCUT2D eigenvalue weighted by Crippen LogP contribution is 2.23. The number of likely N-dealkylation sites (N-methyl/N-ethyl adjacent to an activating group) is 1. The molecule has 0 unspecified atom stereocenters. The molecule has 36 heavy (non-hydrogen) atoms. The van der Waals surface area contributed by atoms with Crippen LogP contribution in [0.3, 0.4) is 0 Å². The Balaban J connectivity index is 1.49. The van der Waals surface area contributed by atoms with Gasteiger partial charge in [0.1, 0.15) is 11.5 Å². The second kappa shape index (κ2) is 14.4. The van der Waals surface area contributed by atoms with Crippen LogP contribution >= 0.6 is 15.9 Å². The molecule has 2 aromatic carbocycles. The van der Waals surface area contributed by atoms with Crippen LogP contribution in [0.4, 0.5) is 0 Å². The third kappa shape index (κ3) is 8.17. The van der Waals surface area contributed by atoms with Crippen molar-refractivity contribution in [3.63, 3.8) is 0 Å². The lowest BCUT2D eigenvalue weighted by Gasteiger charge is -2.27. The van der Waals surface area contributed by atoms with Gasteiger partial charge in [-0.15, -0.1) is 0 Å². The number of rotatable bonds is 13. The predicted octanol–water partition coefficient (Wildman–Crippen LogP) is 5.47. The van der Waals surface area contributed by atoms with Crippen LogP contribution in [0.5, 0.6) is 0 Å². The number of furan rings is 1. The number of carbonyl (C=O) groups is 2. The van der Waals surface area contributed by atoms with E-state index in [1.165, 1.54) is 6.21 Å². The number of benzene rings is 2. The fraction of sp³-hybridized carbons (Fsp3) is 0.321. The number of carbonyl (C=O) groups excluding carboxylic acids is 2. The summed E-state index contributed by atoms with van der Waals surface area (Å²) in [6.45, 7) is 6.17. The summed E-state index contributed by atoms with van der Waals surface area (Å²) in [6.07, 6.45) is 3.79. The molecule has 1 atom stereocenters. The van der Waals surface area contributed by atoms with Crippen molar-refractivity contribution in [2.75, 3.05) is 19.6 Å². The Morgan fingerprint density at radius 2 is 1.72 bits per heavy atom. The number of hydrogen-bond acceptors (Lipinski definition) is 5. The Hall–Kier alpha value is -3.23. The topological polar surface area (TPSA) is 86.9 Å². The van der Waals surface area contributed by atoms with Crippen molar-refractivity contribution in [1.82, 2.24) is 15.6 Å². The van der Waals surface area contributed by atoms with Crippen LogP contribution < -0.4 is 10.7 Å². The molecule has 0 saturated heterocycles. The zero-order valence-electron chi connectivity index (χ0n) is 20.7. The molecule has 0 fully saturated rings. The quantitative estimate of drug-likeness (QED) is 0.167. The van der Waals surface area contributed by atoms with Crippen molar-refractivity contribution in [1.29, 1.82) is 0 Å². The van der Waals surface area contributed by atoms with E-state index in [1.54, 1.807) is 12.1 Å². The summed E-state index contributed by atoms with van der Waals surface area (Å²) in [5, 5.41) is 7.06. The number of nitrogens with one attached hydrogen (secondary N) is 2. The number of nitrogens with zero attached hydrogens (tertiary/aromatic N) is 2. The first kappa shape index (κ1) is 27.4. The van der Waals surface area contributed by atoms with Crippen LogP contribution in [0, 0.1) is 0 Å². The van der Waals surface area contributed by atoms with E-state index >= 15 is 0 Å². The molecule has 1 heterocycles. The van der Waals surface area contributed by atoms with Crippen molar-refractivity contribution in [2.24, 2.45) is 5.10 Å². The Labute approximate surface area is 221 Å².